The van der Waals surface area contributed by atoms with Crippen LogP contribution in [0.1, 0.15) is 16.7 Å². The maximum absolute atomic E-state index is 11.8. The van der Waals surface area contributed by atoms with Crippen LogP contribution in [0.2, 0.25) is 0 Å². The Balaban J connectivity index is 2.49. The van der Waals surface area contributed by atoms with Crippen molar-refractivity contribution in [2.75, 3.05) is 6.54 Å². The van der Waals surface area contributed by atoms with Crippen molar-refractivity contribution in [3.8, 4) is 11.4 Å². The van der Waals surface area contributed by atoms with Gasteiger partial charge in [0, 0.05) is 17.3 Å². The normalized spacial score (nSPS) is 10.6. The molecule has 0 bridgehead atoms. The summed E-state index contributed by atoms with van der Waals surface area (Å²) in [7, 11) is 0. The van der Waals surface area contributed by atoms with Crippen LogP contribution in [0.25, 0.3) is 11.4 Å². The molecule has 0 fully saturated rings. The molecule has 0 unspecified atom stereocenters. The van der Waals surface area contributed by atoms with Crippen LogP contribution in [0.4, 0.5) is 0 Å². The van der Waals surface area contributed by atoms with Gasteiger partial charge < -0.3 is 10.7 Å². The molecule has 2 rings (SSSR count). The van der Waals surface area contributed by atoms with E-state index in [0.29, 0.717) is 24.4 Å². The fourth-order valence-corrected chi connectivity index (χ4v) is 1.88. The highest BCUT2D eigenvalue weighted by molar-refractivity contribution is 5.60. The third kappa shape index (κ3) is 2.49. The van der Waals surface area contributed by atoms with Crippen molar-refractivity contribution < 1.29 is 0 Å². The molecule has 0 aliphatic heterocycles. The summed E-state index contributed by atoms with van der Waals surface area (Å²) in [6.45, 7) is 4.47. The molecule has 0 saturated heterocycles. The van der Waals surface area contributed by atoms with Crippen LogP contribution < -0.4 is 11.3 Å². The summed E-state index contributed by atoms with van der Waals surface area (Å²) in [5, 5.41) is 0. The molecule has 1 heterocycles. The van der Waals surface area contributed by atoms with Crippen LogP contribution in [0, 0.1) is 13.8 Å². The average molecular weight is 243 g/mol. The predicted octanol–water partition coefficient (Wildman–Crippen LogP) is 1.55. The number of nitrogens with zero attached hydrogens (tertiary/aromatic N) is 1. The highest BCUT2D eigenvalue weighted by atomic mass is 16.1. The van der Waals surface area contributed by atoms with Crippen LogP contribution in [-0.4, -0.2) is 16.5 Å². The van der Waals surface area contributed by atoms with Gasteiger partial charge in [0.1, 0.15) is 5.82 Å². The third-order valence-electron chi connectivity index (χ3n) is 2.93. The number of H-pyrrole nitrogens is 1. The zero-order chi connectivity index (χ0) is 13.1. The second-order valence-corrected chi connectivity index (χ2v) is 4.44. The lowest BCUT2D eigenvalue weighted by molar-refractivity contribution is 0.923. The number of aryl methyl sites for hydroxylation is 2. The lowest BCUT2D eigenvalue weighted by Gasteiger charge is -2.07. The first kappa shape index (κ1) is 12.5. The highest BCUT2D eigenvalue weighted by Crippen LogP contribution is 2.19. The fourth-order valence-electron chi connectivity index (χ4n) is 1.88. The molecule has 94 valence electrons. The van der Waals surface area contributed by atoms with Crippen molar-refractivity contribution in [2.24, 2.45) is 5.73 Å². The predicted molar refractivity (Wildman–Crippen MR) is 72.5 cm³/mol. The number of aromatic nitrogens is 2. The molecule has 3 N–H and O–H groups in total. The van der Waals surface area contributed by atoms with Crippen molar-refractivity contribution in [2.45, 2.75) is 20.3 Å². The second kappa shape index (κ2) is 5.14. The molecule has 18 heavy (non-hydrogen) atoms. The maximum Gasteiger partial charge on any atom is 0.254 e. The summed E-state index contributed by atoms with van der Waals surface area (Å²) in [5.74, 6) is 0.613. The molecule has 0 radical (unpaired) electrons. The van der Waals surface area contributed by atoms with Crippen molar-refractivity contribution in [1.82, 2.24) is 9.97 Å². The minimum Gasteiger partial charge on any atom is -0.330 e. The Hall–Kier alpha value is -1.94. The maximum atomic E-state index is 11.8. The van der Waals surface area contributed by atoms with Crippen LogP contribution in [-0.2, 0) is 6.42 Å². The van der Waals surface area contributed by atoms with E-state index in [0.717, 1.165) is 16.7 Å². The van der Waals surface area contributed by atoms with Crippen LogP contribution in [0.5, 0.6) is 0 Å². The number of hydrogen-bond donors (Lipinski definition) is 2. The molecular weight excluding hydrogens is 226 g/mol. The Bertz CT molecular complexity index is 617. The van der Waals surface area contributed by atoms with Crippen molar-refractivity contribution >= 4 is 0 Å². The number of aromatic amines is 1. The molecular formula is C14H17N3O. The lowest BCUT2D eigenvalue weighted by Crippen LogP contribution is -2.18. The van der Waals surface area contributed by atoms with Crippen molar-refractivity contribution in [3.05, 3.63) is 51.4 Å². The summed E-state index contributed by atoms with van der Waals surface area (Å²) < 4.78 is 0. The summed E-state index contributed by atoms with van der Waals surface area (Å²) >= 11 is 0. The van der Waals surface area contributed by atoms with Gasteiger partial charge in [0.25, 0.3) is 5.56 Å². The number of rotatable bonds is 3. The van der Waals surface area contributed by atoms with E-state index in [4.69, 9.17) is 5.73 Å². The highest BCUT2D eigenvalue weighted by Gasteiger charge is 2.07. The van der Waals surface area contributed by atoms with E-state index in [1.54, 1.807) is 6.20 Å². The number of hydrogen-bond acceptors (Lipinski definition) is 3. The first-order valence-corrected chi connectivity index (χ1v) is 5.97. The SMILES string of the molecule is Cc1ccc(C)c(-c2ncc(CCN)c(=O)[nH]2)c1. The molecule has 1 aromatic carbocycles. The van der Waals surface area contributed by atoms with E-state index in [1.807, 2.05) is 32.0 Å². The summed E-state index contributed by atoms with van der Waals surface area (Å²) in [5.41, 5.74) is 9.17. The molecule has 0 aliphatic carbocycles. The number of nitrogens with two attached hydrogens (primary N) is 1. The molecule has 1 aromatic heterocycles. The Kier molecular flexibility index (Phi) is 3.58. The summed E-state index contributed by atoms with van der Waals surface area (Å²) in [6.07, 6.45) is 2.16. The van der Waals surface area contributed by atoms with Gasteiger partial charge in [0.2, 0.25) is 0 Å². The summed E-state index contributed by atoms with van der Waals surface area (Å²) in [4.78, 5) is 19.0. The van der Waals surface area contributed by atoms with Gasteiger partial charge in [-0.05, 0) is 38.4 Å². The molecule has 0 aliphatic rings. The van der Waals surface area contributed by atoms with Gasteiger partial charge in [0.05, 0.1) is 0 Å². The Morgan fingerprint density at radius 2 is 2.11 bits per heavy atom. The Labute approximate surface area is 106 Å². The quantitative estimate of drug-likeness (QED) is 0.859. The van der Waals surface area contributed by atoms with E-state index in [2.05, 4.69) is 9.97 Å². The zero-order valence-corrected chi connectivity index (χ0v) is 10.7. The van der Waals surface area contributed by atoms with Gasteiger partial charge in [0.15, 0.2) is 0 Å². The van der Waals surface area contributed by atoms with Gasteiger partial charge in [-0.25, -0.2) is 4.98 Å². The van der Waals surface area contributed by atoms with Gasteiger partial charge in [-0.2, -0.15) is 0 Å². The molecule has 2 aromatic rings. The standard InChI is InChI=1S/C14H17N3O/c1-9-3-4-10(2)12(7-9)13-16-8-11(5-6-15)14(18)17-13/h3-4,7-8H,5-6,15H2,1-2H3,(H,16,17,18). The molecule has 0 spiro atoms. The van der Waals surface area contributed by atoms with E-state index < -0.39 is 0 Å². The first-order valence-electron chi connectivity index (χ1n) is 5.97. The number of benzene rings is 1. The van der Waals surface area contributed by atoms with E-state index in [9.17, 15) is 4.79 Å². The monoisotopic (exact) mass is 243 g/mol. The Morgan fingerprint density at radius 3 is 2.78 bits per heavy atom. The smallest absolute Gasteiger partial charge is 0.254 e. The molecule has 0 atom stereocenters. The third-order valence-corrected chi connectivity index (χ3v) is 2.93. The first-order chi connectivity index (χ1) is 8.61. The average Bonchev–Trinajstić information content (AvgIpc) is 2.35. The van der Waals surface area contributed by atoms with E-state index in [-0.39, 0.29) is 5.56 Å². The Morgan fingerprint density at radius 1 is 1.33 bits per heavy atom. The van der Waals surface area contributed by atoms with Gasteiger partial charge >= 0.3 is 0 Å². The second-order valence-electron chi connectivity index (χ2n) is 4.44. The topological polar surface area (TPSA) is 71.8 Å². The van der Waals surface area contributed by atoms with Gasteiger partial charge in [-0.15, -0.1) is 0 Å². The fraction of sp³-hybridized carbons (Fsp3) is 0.286. The largest absolute Gasteiger partial charge is 0.330 e. The van der Waals surface area contributed by atoms with Crippen molar-refractivity contribution in [1.29, 1.82) is 0 Å². The minimum atomic E-state index is -0.105. The molecule has 4 heteroatoms. The molecule has 0 saturated carbocycles. The number of nitrogens with one attached hydrogen (secondary N) is 1. The summed E-state index contributed by atoms with van der Waals surface area (Å²) in [6, 6.07) is 6.09. The van der Waals surface area contributed by atoms with E-state index in [1.165, 1.54) is 0 Å². The van der Waals surface area contributed by atoms with Gasteiger partial charge in [-0.1, -0.05) is 17.7 Å². The van der Waals surface area contributed by atoms with Crippen molar-refractivity contribution in [3.63, 3.8) is 0 Å². The van der Waals surface area contributed by atoms with Gasteiger partial charge in [-0.3, -0.25) is 4.79 Å². The minimum absolute atomic E-state index is 0.105. The van der Waals surface area contributed by atoms with Crippen LogP contribution in [0.3, 0.4) is 0 Å². The lowest BCUT2D eigenvalue weighted by atomic mass is 10.1. The van der Waals surface area contributed by atoms with Crippen LogP contribution in [0.15, 0.2) is 29.2 Å². The van der Waals surface area contributed by atoms with Crippen LogP contribution >= 0.6 is 0 Å². The van der Waals surface area contributed by atoms with E-state index >= 15 is 0 Å². The molecule has 0 amide bonds. The molecule has 4 nitrogen and oxygen atoms in total. The zero-order valence-electron chi connectivity index (χ0n) is 10.7.